The molecule has 2 N–H and O–H groups in total. The normalized spacial score (nSPS) is 14.9. The van der Waals surface area contributed by atoms with Crippen LogP contribution in [-0.2, 0) is 12.7 Å². The van der Waals surface area contributed by atoms with E-state index in [1.54, 1.807) is 6.20 Å². The number of pyridine rings is 1. The molecule has 40 heavy (non-hydrogen) atoms. The van der Waals surface area contributed by atoms with Crippen LogP contribution in [0.25, 0.3) is 22.7 Å². The molecule has 0 amide bonds. The van der Waals surface area contributed by atoms with Crippen molar-refractivity contribution >= 4 is 23.0 Å². The lowest BCUT2D eigenvalue weighted by molar-refractivity contribution is -0.137. The van der Waals surface area contributed by atoms with Crippen molar-refractivity contribution in [3.05, 3.63) is 64.6 Å². The van der Waals surface area contributed by atoms with E-state index in [2.05, 4.69) is 34.1 Å². The highest BCUT2D eigenvalue weighted by molar-refractivity contribution is 5.92. The highest BCUT2D eigenvalue weighted by Gasteiger charge is 2.31. The number of nitrogens with zero attached hydrogens (tertiary/aromatic N) is 5. The molecule has 0 bridgehead atoms. The van der Waals surface area contributed by atoms with Crippen LogP contribution in [0.4, 0.5) is 19.0 Å². The second-order valence-electron chi connectivity index (χ2n) is 10.7. The van der Waals surface area contributed by atoms with Crippen molar-refractivity contribution in [1.29, 1.82) is 0 Å². The van der Waals surface area contributed by atoms with Gasteiger partial charge in [0, 0.05) is 18.8 Å². The monoisotopic (exact) mass is 552 g/mol. The summed E-state index contributed by atoms with van der Waals surface area (Å²) in [4.78, 5) is 29.9. The lowest BCUT2D eigenvalue weighted by Gasteiger charge is -2.32. The molecule has 1 aromatic carbocycles. The predicted molar refractivity (Wildman–Crippen MR) is 145 cm³/mol. The lowest BCUT2D eigenvalue weighted by Crippen LogP contribution is -2.31. The van der Waals surface area contributed by atoms with Crippen molar-refractivity contribution in [2.75, 3.05) is 5.32 Å². The van der Waals surface area contributed by atoms with Crippen molar-refractivity contribution in [3.63, 3.8) is 0 Å². The zero-order chi connectivity index (χ0) is 28.8. The van der Waals surface area contributed by atoms with E-state index in [9.17, 15) is 23.1 Å². The third kappa shape index (κ3) is 5.24. The molecule has 1 aliphatic rings. The number of halogens is 3. The largest absolute Gasteiger partial charge is 0.475 e. The number of imidazole rings is 1. The molecule has 3 heterocycles. The quantitative estimate of drug-likeness (QED) is 0.251. The Morgan fingerprint density at radius 3 is 2.38 bits per heavy atom. The number of alkyl halides is 3. The van der Waals surface area contributed by atoms with E-state index in [0.717, 1.165) is 42.5 Å². The van der Waals surface area contributed by atoms with Crippen LogP contribution in [0.2, 0.25) is 0 Å². The Morgan fingerprint density at radius 2 is 1.80 bits per heavy atom. The Kier molecular flexibility index (Phi) is 7.24. The van der Waals surface area contributed by atoms with Gasteiger partial charge < -0.3 is 15.0 Å². The van der Waals surface area contributed by atoms with Crippen molar-refractivity contribution < 1.29 is 23.1 Å². The smallest absolute Gasteiger partial charge is 0.416 e. The van der Waals surface area contributed by atoms with Crippen LogP contribution < -0.4 is 5.32 Å². The first-order valence-corrected chi connectivity index (χ1v) is 13.3. The minimum absolute atomic E-state index is 0.0236. The number of aromatic carboxylic acids is 1. The molecule has 1 saturated carbocycles. The molecule has 1 atom stereocenters. The summed E-state index contributed by atoms with van der Waals surface area (Å²) in [5, 5.41) is 13.1. The van der Waals surface area contributed by atoms with Crippen LogP contribution in [-0.4, -0.2) is 41.6 Å². The van der Waals surface area contributed by atoms with Gasteiger partial charge in [-0.1, -0.05) is 32.4 Å². The van der Waals surface area contributed by atoms with Gasteiger partial charge in [0.15, 0.2) is 17.3 Å². The Morgan fingerprint density at radius 1 is 1.10 bits per heavy atom. The number of carboxylic acid groups (broad SMARTS) is 1. The topological polar surface area (TPSA) is 106 Å². The number of fused-ring (bicyclic) bond motifs is 1. The van der Waals surface area contributed by atoms with Gasteiger partial charge in [0.25, 0.3) is 0 Å². The molecule has 0 saturated heterocycles. The van der Waals surface area contributed by atoms with E-state index in [1.807, 2.05) is 24.5 Å². The Balaban J connectivity index is 1.72. The van der Waals surface area contributed by atoms with Gasteiger partial charge in [-0.2, -0.15) is 13.2 Å². The first-order valence-electron chi connectivity index (χ1n) is 13.3. The van der Waals surface area contributed by atoms with Crippen molar-refractivity contribution in [1.82, 2.24) is 24.5 Å². The average Bonchev–Trinajstić information content (AvgIpc) is 3.20. The summed E-state index contributed by atoms with van der Waals surface area (Å²) in [6, 6.07) is 6.93. The van der Waals surface area contributed by atoms with Gasteiger partial charge in [0.2, 0.25) is 5.82 Å². The molecule has 1 fully saturated rings. The number of aromatic nitrogens is 5. The number of hydrogen-bond acceptors (Lipinski definition) is 6. The Bertz CT molecular complexity index is 1560. The maximum Gasteiger partial charge on any atom is 0.416 e. The van der Waals surface area contributed by atoms with Gasteiger partial charge in [0.1, 0.15) is 11.2 Å². The Labute approximate surface area is 229 Å². The van der Waals surface area contributed by atoms with Gasteiger partial charge in [-0.25, -0.2) is 19.7 Å². The maximum absolute atomic E-state index is 13.2. The Hall–Kier alpha value is -4.02. The van der Waals surface area contributed by atoms with E-state index < -0.39 is 17.7 Å². The second kappa shape index (κ2) is 10.5. The number of rotatable bonds is 8. The number of benzene rings is 1. The summed E-state index contributed by atoms with van der Waals surface area (Å²) < 4.78 is 41.5. The summed E-state index contributed by atoms with van der Waals surface area (Å²) >= 11 is 0. The van der Waals surface area contributed by atoms with Crippen molar-refractivity contribution in [3.8, 4) is 11.5 Å². The molecule has 0 aliphatic heterocycles. The van der Waals surface area contributed by atoms with Crippen LogP contribution in [0.5, 0.6) is 0 Å². The molecule has 8 nitrogen and oxygen atoms in total. The summed E-state index contributed by atoms with van der Waals surface area (Å²) in [6.45, 7) is 8.29. The highest BCUT2D eigenvalue weighted by Crippen LogP contribution is 2.35. The van der Waals surface area contributed by atoms with Crippen LogP contribution >= 0.6 is 0 Å². The fraction of sp³-hybridized carbons (Fsp3) is 0.414. The van der Waals surface area contributed by atoms with Gasteiger partial charge in [-0.3, -0.25) is 4.98 Å². The fourth-order valence-corrected chi connectivity index (χ4v) is 5.22. The lowest BCUT2D eigenvalue weighted by atomic mass is 9.80. The second-order valence-corrected chi connectivity index (χ2v) is 10.7. The average molecular weight is 553 g/mol. The minimum Gasteiger partial charge on any atom is -0.475 e. The number of anilines is 1. The van der Waals surface area contributed by atoms with Crippen molar-refractivity contribution in [2.24, 2.45) is 5.92 Å². The molecule has 0 spiro atoms. The number of carbonyl (C=O) groups is 1. The van der Waals surface area contributed by atoms with Crippen LogP contribution in [0.3, 0.4) is 0 Å². The summed E-state index contributed by atoms with van der Waals surface area (Å²) in [5.41, 5.74) is 3.09. The fourth-order valence-electron chi connectivity index (χ4n) is 5.22. The molecule has 0 radical (unpaired) electrons. The zero-order valence-corrected chi connectivity index (χ0v) is 22.8. The number of nitrogens with one attached hydrogen (secondary N) is 1. The third-order valence-corrected chi connectivity index (χ3v) is 7.72. The molecule has 1 aliphatic carbocycles. The zero-order valence-electron chi connectivity index (χ0n) is 22.8. The van der Waals surface area contributed by atoms with Gasteiger partial charge >= 0.3 is 12.1 Å². The van der Waals surface area contributed by atoms with Crippen LogP contribution in [0.15, 0.2) is 36.5 Å². The highest BCUT2D eigenvalue weighted by atomic mass is 19.4. The van der Waals surface area contributed by atoms with Gasteiger partial charge in [-0.05, 0) is 73.4 Å². The predicted octanol–water partition coefficient (Wildman–Crippen LogP) is 6.69. The molecule has 3 aromatic heterocycles. The third-order valence-electron chi connectivity index (χ3n) is 7.72. The molecule has 5 rings (SSSR count). The summed E-state index contributed by atoms with van der Waals surface area (Å²) in [6.07, 6.45) is 0.527. The number of carboxylic acids is 1. The van der Waals surface area contributed by atoms with Crippen LogP contribution in [0.1, 0.15) is 78.8 Å². The van der Waals surface area contributed by atoms with Gasteiger partial charge in [-0.15, -0.1) is 0 Å². The van der Waals surface area contributed by atoms with E-state index >= 15 is 0 Å². The van der Waals surface area contributed by atoms with E-state index in [4.69, 9.17) is 4.98 Å². The summed E-state index contributed by atoms with van der Waals surface area (Å²) in [5.74, 6) is -0.265. The summed E-state index contributed by atoms with van der Waals surface area (Å²) in [7, 11) is 0. The van der Waals surface area contributed by atoms with Crippen LogP contribution in [0, 0.1) is 12.8 Å². The van der Waals surface area contributed by atoms with E-state index in [-0.39, 0.29) is 30.0 Å². The van der Waals surface area contributed by atoms with Gasteiger partial charge in [0.05, 0.1) is 5.56 Å². The maximum atomic E-state index is 13.2. The van der Waals surface area contributed by atoms with Crippen molar-refractivity contribution in [2.45, 2.75) is 71.6 Å². The molecule has 4 aromatic rings. The van der Waals surface area contributed by atoms with E-state index in [1.165, 1.54) is 12.1 Å². The molecular weight excluding hydrogens is 521 g/mol. The molecule has 11 heteroatoms. The first kappa shape index (κ1) is 27.5. The molecule has 210 valence electrons. The molecule has 1 unspecified atom stereocenters. The SMILES string of the molecule is Cc1c(C(C)C)ccnc1-c1nc2nc(C(=O)O)nc(NC(C)C3CCC3)c2n1Cc1ccc(C(F)(F)F)cc1. The first-order chi connectivity index (χ1) is 18.9. The minimum atomic E-state index is -4.44. The standard InChI is InChI=1S/C29H31F3N6O2/c1-15(2)21-12-13-33-22(16(21)3)27-37-25-23(38(27)14-18-8-10-20(11-9-18)29(30,31)32)24(35-26(36-25)28(39)40)34-17(4)19-6-5-7-19/h8-13,15,17,19H,5-7,14H2,1-4H3,(H,39,40)(H,34,35,36). The van der Waals surface area contributed by atoms with E-state index in [0.29, 0.717) is 34.3 Å². The number of hydrogen-bond donors (Lipinski definition) is 2. The molecular formula is C29H31F3N6O2.